The lowest BCUT2D eigenvalue weighted by Gasteiger charge is -2.32. The minimum Gasteiger partial charge on any atom is -0.340 e. The summed E-state index contributed by atoms with van der Waals surface area (Å²) in [6.07, 6.45) is 0.325. The van der Waals surface area contributed by atoms with Crippen LogP contribution in [0.5, 0.6) is 0 Å². The predicted molar refractivity (Wildman–Crippen MR) is 86.5 cm³/mol. The third-order valence-corrected chi connectivity index (χ3v) is 6.25. The van der Waals surface area contributed by atoms with Gasteiger partial charge in [-0.1, -0.05) is 12.1 Å². The fraction of sp³-hybridized carbons (Fsp3) is 0.562. The van der Waals surface area contributed by atoms with Gasteiger partial charge in [0.1, 0.15) is 0 Å². The smallest absolute Gasteiger partial charge is 0.227 e. The summed E-state index contributed by atoms with van der Waals surface area (Å²) in [6.45, 7) is 6.65. The summed E-state index contributed by atoms with van der Waals surface area (Å²) in [5, 5.41) is -0.440. The van der Waals surface area contributed by atoms with E-state index in [1.54, 1.807) is 38.1 Å². The highest BCUT2D eigenvalue weighted by molar-refractivity contribution is 7.92. The molecule has 0 spiro atoms. The van der Waals surface area contributed by atoms with Crippen LogP contribution in [-0.2, 0) is 21.1 Å². The molecule has 1 fully saturated rings. The van der Waals surface area contributed by atoms with Crippen molar-refractivity contribution in [2.24, 2.45) is 0 Å². The minimum absolute atomic E-state index is 0.104. The van der Waals surface area contributed by atoms with Gasteiger partial charge < -0.3 is 9.80 Å². The van der Waals surface area contributed by atoms with Crippen molar-refractivity contribution in [1.82, 2.24) is 9.80 Å². The number of benzene rings is 1. The summed E-state index contributed by atoms with van der Waals surface area (Å²) in [5.41, 5.74) is 0.853. The molecule has 0 aromatic heterocycles. The number of likely N-dealkylation sites (N-methyl/N-ethyl adjacent to an activating group) is 1. The Hall–Kier alpha value is -1.40. The molecule has 1 aromatic carbocycles. The zero-order valence-electron chi connectivity index (χ0n) is 13.4. The second-order valence-corrected chi connectivity index (χ2v) is 8.60. The summed E-state index contributed by atoms with van der Waals surface area (Å²) in [5.74, 6) is 0.104. The van der Waals surface area contributed by atoms with Gasteiger partial charge in [-0.2, -0.15) is 0 Å². The Morgan fingerprint density at radius 2 is 1.64 bits per heavy atom. The van der Waals surface area contributed by atoms with Crippen LogP contribution in [0.1, 0.15) is 19.4 Å². The van der Waals surface area contributed by atoms with Crippen molar-refractivity contribution in [3.8, 4) is 0 Å². The first-order valence-corrected chi connectivity index (χ1v) is 9.14. The molecule has 0 N–H and O–H groups in total. The fourth-order valence-corrected chi connectivity index (χ4v) is 3.47. The number of amides is 1. The molecular formula is C16H24N2O3S. The molecule has 1 heterocycles. The molecule has 5 nitrogen and oxygen atoms in total. The zero-order chi connectivity index (χ0) is 16.3. The van der Waals surface area contributed by atoms with Crippen molar-refractivity contribution in [3.63, 3.8) is 0 Å². The number of sulfone groups is 1. The summed E-state index contributed by atoms with van der Waals surface area (Å²) in [6, 6.07) is 6.68. The van der Waals surface area contributed by atoms with Crippen molar-refractivity contribution >= 4 is 15.7 Å². The van der Waals surface area contributed by atoms with E-state index < -0.39 is 15.1 Å². The Bertz CT molecular complexity index is 615. The van der Waals surface area contributed by atoms with Gasteiger partial charge in [0.25, 0.3) is 0 Å². The standard InChI is InChI=1S/C16H24N2O3S/c1-13(2)22(20,21)15-6-4-14(5-7-15)12-16(19)18-10-8-17(3)9-11-18/h4-7,13H,8-12H2,1-3H3. The average molecular weight is 324 g/mol. The SMILES string of the molecule is CC(C)S(=O)(=O)c1ccc(CC(=O)N2CCN(C)CC2)cc1. The lowest BCUT2D eigenvalue weighted by Crippen LogP contribution is -2.47. The molecule has 2 rings (SSSR count). The van der Waals surface area contributed by atoms with E-state index in [-0.39, 0.29) is 5.91 Å². The van der Waals surface area contributed by atoms with Crippen LogP contribution in [0.4, 0.5) is 0 Å². The largest absolute Gasteiger partial charge is 0.340 e. The third-order valence-electron chi connectivity index (χ3n) is 4.08. The summed E-state index contributed by atoms with van der Waals surface area (Å²) in [7, 11) is -1.20. The van der Waals surface area contributed by atoms with E-state index in [0.29, 0.717) is 11.3 Å². The molecule has 1 aromatic rings. The molecule has 0 radical (unpaired) electrons. The van der Waals surface area contributed by atoms with Gasteiger partial charge in [0.15, 0.2) is 9.84 Å². The van der Waals surface area contributed by atoms with Crippen LogP contribution < -0.4 is 0 Å². The Kier molecular flexibility index (Phi) is 5.24. The molecule has 1 amide bonds. The van der Waals surface area contributed by atoms with E-state index in [4.69, 9.17) is 0 Å². The van der Waals surface area contributed by atoms with Crippen molar-refractivity contribution in [3.05, 3.63) is 29.8 Å². The zero-order valence-corrected chi connectivity index (χ0v) is 14.3. The molecular weight excluding hydrogens is 300 g/mol. The van der Waals surface area contributed by atoms with Crippen LogP contribution in [0.2, 0.25) is 0 Å². The van der Waals surface area contributed by atoms with Gasteiger partial charge in [-0.05, 0) is 38.6 Å². The van der Waals surface area contributed by atoms with E-state index in [1.165, 1.54) is 0 Å². The summed E-state index contributed by atoms with van der Waals surface area (Å²) in [4.78, 5) is 16.6. The van der Waals surface area contributed by atoms with Crippen LogP contribution in [0.25, 0.3) is 0 Å². The van der Waals surface area contributed by atoms with Crippen LogP contribution in [0.3, 0.4) is 0 Å². The summed E-state index contributed by atoms with van der Waals surface area (Å²) < 4.78 is 24.1. The number of hydrogen-bond acceptors (Lipinski definition) is 4. The second-order valence-electron chi connectivity index (χ2n) is 6.10. The molecule has 0 atom stereocenters. The van der Waals surface area contributed by atoms with Crippen molar-refractivity contribution in [2.75, 3.05) is 33.2 Å². The molecule has 122 valence electrons. The highest BCUT2D eigenvalue weighted by atomic mass is 32.2. The topological polar surface area (TPSA) is 57.7 Å². The maximum Gasteiger partial charge on any atom is 0.227 e. The van der Waals surface area contributed by atoms with Crippen LogP contribution >= 0.6 is 0 Å². The predicted octanol–water partition coefficient (Wildman–Crippen LogP) is 1.19. The molecule has 0 saturated carbocycles. The van der Waals surface area contributed by atoms with Crippen molar-refractivity contribution in [2.45, 2.75) is 30.4 Å². The van der Waals surface area contributed by atoms with Gasteiger partial charge in [-0.15, -0.1) is 0 Å². The number of rotatable bonds is 4. The van der Waals surface area contributed by atoms with Crippen molar-refractivity contribution < 1.29 is 13.2 Å². The Morgan fingerprint density at radius 1 is 1.09 bits per heavy atom. The van der Waals surface area contributed by atoms with Crippen molar-refractivity contribution in [1.29, 1.82) is 0 Å². The highest BCUT2D eigenvalue weighted by Crippen LogP contribution is 2.17. The van der Waals surface area contributed by atoms with Gasteiger partial charge in [0, 0.05) is 26.2 Å². The number of carbonyl (C=O) groups is 1. The molecule has 0 bridgehead atoms. The Morgan fingerprint density at radius 3 is 2.14 bits per heavy atom. The second kappa shape index (κ2) is 6.79. The molecule has 6 heteroatoms. The van der Waals surface area contributed by atoms with E-state index >= 15 is 0 Å². The first kappa shape index (κ1) is 17.0. The van der Waals surface area contributed by atoms with Gasteiger partial charge in [0.2, 0.25) is 5.91 Å². The van der Waals surface area contributed by atoms with Gasteiger partial charge in [-0.3, -0.25) is 4.79 Å². The normalized spacial score (nSPS) is 17.0. The molecule has 1 aliphatic rings. The first-order chi connectivity index (χ1) is 10.3. The fourth-order valence-electron chi connectivity index (χ4n) is 2.41. The molecule has 0 aliphatic carbocycles. The summed E-state index contributed by atoms with van der Waals surface area (Å²) >= 11 is 0. The molecule has 0 unspecified atom stereocenters. The van der Waals surface area contributed by atoms with E-state index in [1.807, 2.05) is 4.90 Å². The number of carbonyl (C=O) groups excluding carboxylic acids is 1. The van der Waals surface area contributed by atoms with Crippen LogP contribution in [-0.4, -0.2) is 62.6 Å². The lowest BCUT2D eigenvalue weighted by molar-refractivity contribution is -0.132. The van der Waals surface area contributed by atoms with E-state index in [9.17, 15) is 13.2 Å². The van der Waals surface area contributed by atoms with Crippen LogP contribution in [0.15, 0.2) is 29.2 Å². The average Bonchev–Trinajstić information content (AvgIpc) is 2.48. The molecule has 1 aliphatic heterocycles. The van der Waals surface area contributed by atoms with Gasteiger partial charge in [0.05, 0.1) is 16.6 Å². The molecule has 22 heavy (non-hydrogen) atoms. The highest BCUT2D eigenvalue weighted by Gasteiger charge is 2.21. The maximum absolute atomic E-state index is 12.3. The molecule has 1 saturated heterocycles. The minimum atomic E-state index is -3.25. The lowest BCUT2D eigenvalue weighted by atomic mass is 10.1. The maximum atomic E-state index is 12.3. The Labute approximate surface area is 132 Å². The van der Waals surface area contributed by atoms with Gasteiger partial charge >= 0.3 is 0 Å². The number of nitrogens with zero attached hydrogens (tertiary/aromatic N) is 2. The van der Waals surface area contributed by atoms with E-state index in [2.05, 4.69) is 11.9 Å². The van der Waals surface area contributed by atoms with Gasteiger partial charge in [-0.25, -0.2) is 8.42 Å². The quantitative estimate of drug-likeness (QED) is 0.835. The first-order valence-electron chi connectivity index (χ1n) is 7.60. The number of piperazine rings is 1. The Balaban J connectivity index is 2.01. The number of hydrogen-bond donors (Lipinski definition) is 0. The monoisotopic (exact) mass is 324 g/mol. The van der Waals surface area contributed by atoms with Crippen LogP contribution in [0, 0.1) is 0 Å². The third kappa shape index (κ3) is 3.87. The van der Waals surface area contributed by atoms with E-state index in [0.717, 1.165) is 31.7 Å².